The molecule has 1 aromatic carbocycles. The van der Waals surface area contributed by atoms with Crippen molar-refractivity contribution in [2.75, 3.05) is 12.0 Å². The lowest BCUT2D eigenvalue weighted by molar-refractivity contribution is -0.134. The van der Waals surface area contributed by atoms with Crippen LogP contribution in [-0.2, 0) is 9.53 Å². The van der Waals surface area contributed by atoms with E-state index in [-0.39, 0.29) is 11.8 Å². The molecule has 0 saturated carbocycles. The van der Waals surface area contributed by atoms with Gasteiger partial charge >= 0.3 is 5.97 Å². The van der Waals surface area contributed by atoms with Crippen molar-refractivity contribution in [2.45, 2.75) is 6.92 Å². The van der Waals surface area contributed by atoms with Crippen LogP contribution in [-0.4, -0.2) is 17.7 Å². The molecule has 0 radical (unpaired) electrons. The molecule has 16 heavy (non-hydrogen) atoms. The van der Waals surface area contributed by atoms with Gasteiger partial charge in [-0.15, -0.1) is 0 Å². The van der Waals surface area contributed by atoms with Gasteiger partial charge in [0.25, 0.3) is 0 Å². The van der Waals surface area contributed by atoms with Crippen LogP contribution < -0.4 is 5.43 Å². The zero-order valence-corrected chi connectivity index (χ0v) is 10.0. The van der Waals surface area contributed by atoms with E-state index in [4.69, 9.17) is 23.2 Å². The van der Waals surface area contributed by atoms with E-state index in [1.165, 1.54) is 0 Å². The summed E-state index contributed by atoms with van der Waals surface area (Å²) in [6, 6.07) is 6.80. The number of carbonyl (C=O) groups excluding carboxylic acids is 1. The molecule has 1 N–H and O–H groups in total. The van der Waals surface area contributed by atoms with Crippen molar-refractivity contribution in [2.24, 2.45) is 5.10 Å². The predicted octanol–water partition coefficient (Wildman–Crippen LogP) is 2.87. The summed E-state index contributed by atoms with van der Waals surface area (Å²) < 4.78 is 4.65. The molecule has 0 spiro atoms. The van der Waals surface area contributed by atoms with Crippen molar-refractivity contribution in [3.63, 3.8) is 0 Å². The van der Waals surface area contributed by atoms with Gasteiger partial charge in [0.15, 0.2) is 0 Å². The first-order valence-corrected chi connectivity index (χ1v) is 5.31. The molecule has 4 nitrogen and oxygen atoms in total. The minimum Gasteiger partial charge on any atom is -0.461 e. The molecular weight excluding hydrogens is 251 g/mol. The van der Waals surface area contributed by atoms with Crippen LogP contribution in [0.15, 0.2) is 29.4 Å². The lowest BCUT2D eigenvalue weighted by Gasteiger charge is -2.01. The number of esters is 1. The summed E-state index contributed by atoms with van der Waals surface area (Å²) in [7, 11) is 0. The molecule has 0 heterocycles. The number of anilines is 1. The maximum Gasteiger partial charge on any atom is 0.370 e. The van der Waals surface area contributed by atoms with Crippen LogP contribution in [0.25, 0.3) is 0 Å². The van der Waals surface area contributed by atoms with Crippen molar-refractivity contribution in [3.8, 4) is 0 Å². The number of hydrogen-bond acceptors (Lipinski definition) is 4. The van der Waals surface area contributed by atoms with Crippen LogP contribution in [0.4, 0.5) is 5.69 Å². The lowest BCUT2D eigenvalue weighted by Crippen LogP contribution is -2.13. The average molecular weight is 261 g/mol. The molecular formula is C10H10Cl2N2O2. The smallest absolute Gasteiger partial charge is 0.370 e. The fraction of sp³-hybridized carbons (Fsp3) is 0.200. The number of rotatable bonds is 4. The maximum absolute atomic E-state index is 11.1. The Labute approximate surface area is 103 Å². The summed E-state index contributed by atoms with van der Waals surface area (Å²) in [5.41, 5.74) is 3.28. The van der Waals surface area contributed by atoms with E-state index in [0.717, 1.165) is 0 Å². The molecule has 0 fully saturated rings. The highest BCUT2D eigenvalue weighted by Crippen LogP contribution is 2.13. The Kier molecular flexibility index (Phi) is 5.08. The fourth-order valence-electron chi connectivity index (χ4n) is 0.874. The number of hydrazone groups is 1. The SMILES string of the molecule is CCOC(=O)/C(Cl)=N/Nc1ccc(Cl)cc1. The third-order valence-corrected chi connectivity index (χ3v) is 2.06. The van der Waals surface area contributed by atoms with E-state index < -0.39 is 5.97 Å². The minimum absolute atomic E-state index is 0.253. The second-order valence-corrected chi connectivity index (χ2v) is 3.54. The van der Waals surface area contributed by atoms with Gasteiger partial charge in [-0.25, -0.2) is 4.79 Å². The van der Waals surface area contributed by atoms with Crippen molar-refractivity contribution >= 4 is 40.0 Å². The van der Waals surface area contributed by atoms with Gasteiger partial charge in [-0.2, -0.15) is 5.10 Å². The number of benzene rings is 1. The Bertz CT molecular complexity index is 390. The van der Waals surface area contributed by atoms with Gasteiger partial charge < -0.3 is 4.74 Å². The molecule has 0 aliphatic rings. The minimum atomic E-state index is -0.661. The standard InChI is InChI=1S/C10H10Cl2N2O2/c1-2-16-10(15)9(12)14-13-8-5-3-7(11)4-6-8/h3-6,13H,2H2,1H3/b14-9-. The zero-order valence-electron chi connectivity index (χ0n) is 8.54. The van der Waals surface area contributed by atoms with E-state index in [0.29, 0.717) is 10.7 Å². The zero-order chi connectivity index (χ0) is 12.0. The fourth-order valence-corrected chi connectivity index (χ4v) is 1.10. The molecule has 0 atom stereocenters. The lowest BCUT2D eigenvalue weighted by atomic mass is 10.3. The number of nitrogens with zero attached hydrogens (tertiary/aromatic N) is 1. The second kappa shape index (κ2) is 6.35. The first kappa shape index (κ1) is 12.8. The predicted molar refractivity (Wildman–Crippen MR) is 65.0 cm³/mol. The molecule has 0 unspecified atom stereocenters. The van der Waals surface area contributed by atoms with Crippen molar-refractivity contribution in [1.29, 1.82) is 0 Å². The van der Waals surface area contributed by atoms with Gasteiger partial charge in [-0.05, 0) is 31.2 Å². The molecule has 6 heteroatoms. The number of nitrogens with one attached hydrogen (secondary N) is 1. The Morgan fingerprint density at radius 3 is 2.62 bits per heavy atom. The van der Waals surface area contributed by atoms with E-state index in [1.807, 2.05) is 0 Å². The van der Waals surface area contributed by atoms with E-state index in [1.54, 1.807) is 31.2 Å². The summed E-state index contributed by atoms with van der Waals surface area (Å²) >= 11 is 11.3. The largest absolute Gasteiger partial charge is 0.461 e. The highest BCUT2D eigenvalue weighted by atomic mass is 35.5. The van der Waals surface area contributed by atoms with Crippen LogP contribution in [0.5, 0.6) is 0 Å². The highest BCUT2D eigenvalue weighted by Gasteiger charge is 2.08. The monoisotopic (exact) mass is 260 g/mol. The third kappa shape index (κ3) is 4.08. The molecule has 0 saturated heterocycles. The first-order valence-electron chi connectivity index (χ1n) is 4.55. The molecule has 0 amide bonds. The van der Waals surface area contributed by atoms with E-state index >= 15 is 0 Å². The van der Waals surface area contributed by atoms with Crippen LogP contribution in [0.1, 0.15) is 6.92 Å². The Morgan fingerprint density at radius 2 is 2.06 bits per heavy atom. The summed E-state index contributed by atoms with van der Waals surface area (Å²) in [6.45, 7) is 1.94. The third-order valence-electron chi connectivity index (χ3n) is 1.57. The topological polar surface area (TPSA) is 50.7 Å². The number of carbonyl (C=O) groups is 1. The summed E-state index contributed by atoms with van der Waals surface area (Å²) in [5, 5.41) is 4.02. The van der Waals surface area contributed by atoms with Crippen molar-refractivity contribution < 1.29 is 9.53 Å². The number of halogens is 2. The summed E-state index contributed by atoms with van der Waals surface area (Å²) in [6.07, 6.45) is 0. The van der Waals surface area contributed by atoms with Crippen molar-refractivity contribution in [1.82, 2.24) is 0 Å². The van der Waals surface area contributed by atoms with E-state index in [2.05, 4.69) is 15.3 Å². The Hall–Kier alpha value is -1.26. The second-order valence-electron chi connectivity index (χ2n) is 2.74. The quantitative estimate of drug-likeness (QED) is 0.515. The number of hydrogen-bond donors (Lipinski definition) is 1. The molecule has 1 aromatic rings. The normalized spacial score (nSPS) is 11.1. The first-order chi connectivity index (χ1) is 7.63. The summed E-state index contributed by atoms with van der Waals surface area (Å²) in [5.74, 6) is -0.661. The van der Waals surface area contributed by atoms with Gasteiger partial charge in [0.2, 0.25) is 5.17 Å². The number of ether oxygens (including phenoxy) is 1. The van der Waals surface area contributed by atoms with Gasteiger partial charge in [-0.3, -0.25) is 5.43 Å². The molecule has 86 valence electrons. The molecule has 1 rings (SSSR count). The Balaban J connectivity index is 2.58. The van der Waals surface area contributed by atoms with Crippen LogP contribution in [0, 0.1) is 0 Å². The van der Waals surface area contributed by atoms with Crippen LogP contribution in [0.2, 0.25) is 5.02 Å². The maximum atomic E-state index is 11.1. The van der Waals surface area contributed by atoms with Gasteiger partial charge in [0.1, 0.15) is 0 Å². The van der Waals surface area contributed by atoms with Gasteiger partial charge in [-0.1, -0.05) is 23.2 Å². The highest BCUT2D eigenvalue weighted by molar-refractivity contribution is 6.82. The van der Waals surface area contributed by atoms with Crippen LogP contribution >= 0.6 is 23.2 Å². The van der Waals surface area contributed by atoms with Gasteiger partial charge in [0, 0.05) is 5.02 Å². The molecule has 0 bridgehead atoms. The summed E-state index contributed by atoms with van der Waals surface area (Å²) in [4.78, 5) is 11.1. The molecule has 0 aromatic heterocycles. The van der Waals surface area contributed by atoms with Gasteiger partial charge in [0.05, 0.1) is 12.3 Å². The molecule has 0 aliphatic carbocycles. The van der Waals surface area contributed by atoms with E-state index in [9.17, 15) is 4.79 Å². The van der Waals surface area contributed by atoms with Crippen molar-refractivity contribution in [3.05, 3.63) is 29.3 Å². The average Bonchev–Trinajstić information content (AvgIpc) is 2.28. The Morgan fingerprint density at radius 1 is 1.44 bits per heavy atom. The van der Waals surface area contributed by atoms with Crippen LogP contribution in [0.3, 0.4) is 0 Å². The molecule has 0 aliphatic heterocycles.